The number of phenolic OH excluding ortho intramolecular Hbond substituents is 1. The van der Waals surface area contributed by atoms with Crippen molar-refractivity contribution in [3.05, 3.63) is 101 Å². The molecule has 0 atom stereocenters. The van der Waals surface area contributed by atoms with Crippen molar-refractivity contribution >= 4 is 0 Å². The second-order valence-corrected chi connectivity index (χ2v) is 10.1. The van der Waals surface area contributed by atoms with E-state index in [-0.39, 0.29) is 16.2 Å². The Kier molecular flexibility index (Phi) is 5.38. The van der Waals surface area contributed by atoms with Gasteiger partial charge in [-0.1, -0.05) is 115 Å². The van der Waals surface area contributed by atoms with Crippen molar-refractivity contribution in [1.82, 2.24) is 0 Å². The molecule has 1 heteroatoms. The lowest BCUT2D eigenvalue weighted by atomic mass is 9.64. The van der Waals surface area contributed by atoms with Gasteiger partial charge in [-0.25, -0.2) is 0 Å². The highest BCUT2D eigenvalue weighted by molar-refractivity contribution is 5.58. The molecule has 3 aromatic rings. The van der Waals surface area contributed by atoms with Crippen LogP contribution in [0, 0.1) is 0 Å². The van der Waals surface area contributed by atoms with Gasteiger partial charge in [-0.3, -0.25) is 0 Å². The van der Waals surface area contributed by atoms with Crippen LogP contribution in [0.5, 0.6) is 5.75 Å². The highest BCUT2D eigenvalue weighted by Crippen LogP contribution is 2.48. The highest BCUT2D eigenvalue weighted by atomic mass is 16.3. The number of rotatable bonds is 4. The van der Waals surface area contributed by atoms with Gasteiger partial charge in [-0.2, -0.15) is 0 Å². The normalized spacial score (nSPS) is 12.8. The summed E-state index contributed by atoms with van der Waals surface area (Å²) in [5.41, 5.74) is 5.41. The van der Waals surface area contributed by atoms with E-state index in [9.17, 15) is 5.11 Å². The van der Waals surface area contributed by atoms with Crippen molar-refractivity contribution in [3.8, 4) is 5.75 Å². The first-order valence-corrected chi connectivity index (χ1v) is 10.5. The summed E-state index contributed by atoms with van der Waals surface area (Å²) in [6, 6.07) is 25.3. The van der Waals surface area contributed by atoms with Crippen molar-refractivity contribution in [3.63, 3.8) is 0 Å². The molecule has 0 bridgehead atoms. The van der Waals surface area contributed by atoms with Crippen LogP contribution in [0.15, 0.2) is 72.8 Å². The average Bonchev–Trinajstić information content (AvgIpc) is 2.68. The Morgan fingerprint density at radius 2 is 0.966 bits per heavy atom. The molecule has 29 heavy (non-hydrogen) atoms. The number of hydrogen-bond donors (Lipinski definition) is 1. The summed E-state index contributed by atoms with van der Waals surface area (Å²) in [5.74, 6) is 0.379. The SMILES string of the molecule is CC(C)(C)c1c(O)ccc(C(C)(C)c2ccccc2)c1C(C)(C)c1ccccc1. The molecule has 0 amide bonds. The number of phenols is 1. The third-order valence-corrected chi connectivity index (χ3v) is 6.22. The Balaban J connectivity index is 2.40. The molecular formula is C28H34O. The quantitative estimate of drug-likeness (QED) is 0.497. The monoisotopic (exact) mass is 386 g/mol. The van der Waals surface area contributed by atoms with Crippen LogP contribution in [0.4, 0.5) is 0 Å². The zero-order chi connectivity index (χ0) is 21.4. The fourth-order valence-electron chi connectivity index (χ4n) is 4.53. The second kappa shape index (κ2) is 7.37. The molecule has 0 unspecified atom stereocenters. The van der Waals surface area contributed by atoms with Crippen molar-refractivity contribution in [1.29, 1.82) is 0 Å². The lowest BCUT2D eigenvalue weighted by Gasteiger charge is -2.40. The van der Waals surface area contributed by atoms with Gasteiger partial charge in [0.2, 0.25) is 0 Å². The van der Waals surface area contributed by atoms with E-state index in [1.807, 2.05) is 6.07 Å². The van der Waals surface area contributed by atoms with Gasteiger partial charge >= 0.3 is 0 Å². The van der Waals surface area contributed by atoms with Gasteiger partial charge in [0.1, 0.15) is 5.75 Å². The van der Waals surface area contributed by atoms with Crippen LogP contribution in [0.3, 0.4) is 0 Å². The van der Waals surface area contributed by atoms with E-state index in [1.54, 1.807) is 0 Å². The molecule has 3 rings (SSSR count). The second-order valence-electron chi connectivity index (χ2n) is 10.1. The first-order valence-electron chi connectivity index (χ1n) is 10.5. The van der Waals surface area contributed by atoms with Crippen LogP contribution in [0.1, 0.15) is 76.3 Å². The lowest BCUT2D eigenvalue weighted by Crippen LogP contribution is -2.32. The summed E-state index contributed by atoms with van der Waals surface area (Å²) in [4.78, 5) is 0. The summed E-state index contributed by atoms with van der Waals surface area (Å²) in [5, 5.41) is 11.0. The summed E-state index contributed by atoms with van der Waals surface area (Å²) in [6.45, 7) is 15.7. The predicted octanol–water partition coefficient (Wildman–Crippen LogP) is 7.34. The first-order chi connectivity index (χ1) is 13.5. The third-order valence-electron chi connectivity index (χ3n) is 6.22. The molecule has 0 saturated carbocycles. The molecule has 0 fully saturated rings. The van der Waals surface area contributed by atoms with E-state index in [1.165, 1.54) is 22.3 Å². The molecule has 0 aliphatic carbocycles. The van der Waals surface area contributed by atoms with Crippen LogP contribution in [0.2, 0.25) is 0 Å². The van der Waals surface area contributed by atoms with Crippen LogP contribution < -0.4 is 0 Å². The smallest absolute Gasteiger partial charge is 0.119 e. The molecule has 0 heterocycles. The molecule has 1 N–H and O–H groups in total. The van der Waals surface area contributed by atoms with E-state index in [2.05, 4.69) is 115 Å². The van der Waals surface area contributed by atoms with Gasteiger partial charge in [0, 0.05) is 16.4 Å². The van der Waals surface area contributed by atoms with Gasteiger partial charge in [-0.05, 0) is 33.7 Å². The molecule has 0 saturated heterocycles. The van der Waals surface area contributed by atoms with E-state index in [4.69, 9.17) is 0 Å². The van der Waals surface area contributed by atoms with E-state index in [0.717, 1.165) is 5.56 Å². The molecule has 152 valence electrons. The number of aromatic hydroxyl groups is 1. The van der Waals surface area contributed by atoms with Crippen LogP contribution in [-0.2, 0) is 16.2 Å². The van der Waals surface area contributed by atoms with Crippen molar-refractivity contribution in [2.45, 2.75) is 64.7 Å². The Morgan fingerprint density at radius 1 is 0.517 bits per heavy atom. The molecule has 0 radical (unpaired) electrons. The molecule has 0 spiro atoms. The first kappa shape index (κ1) is 21.2. The van der Waals surface area contributed by atoms with Crippen LogP contribution >= 0.6 is 0 Å². The summed E-state index contributed by atoms with van der Waals surface area (Å²) in [6.07, 6.45) is 0. The number of benzene rings is 3. The minimum atomic E-state index is -0.260. The standard InChI is InChI=1S/C28H34O/c1-26(2,3)25-23(29)19-18-22(27(4,5)20-14-10-8-11-15-20)24(25)28(6,7)21-16-12-9-13-17-21/h8-19,29H,1-7H3. The summed E-state index contributed by atoms with van der Waals surface area (Å²) >= 11 is 0. The number of hydrogen-bond acceptors (Lipinski definition) is 1. The van der Waals surface area contributed by atoms with E-state index >= 15 is 0 Å². The molecule has 0 aliphatic heterocycles. The van der Waals surface area contributed by atoms with Crippen molar-refractivity contribution in [2.75, 3.05) is 0 Å². The van der Waals surface area contributed by atoms with Gasteiger partial charge in [-0.15, -0.1) is 0 Å². The largest absolute Gasteiger partial charge is 0.508 e. The minimum Gasteiger partial charge on any atom is -0.508 e. The fraction of sp³-hybridized carbons (Fsp3) is 0.357. The molecule has 0 aromatic heterocycles. The summed E-state index contributed by atoms with van der Waals surface area (Å²) < 4.78 is 0. The predicted molar refractivity (Wildman–Crippen MR) is 124 cm³/mol. The third kappa shape index (κ3) is 3.83. The van der Waals surface area contributed by atoms with Gasteiger partial charge in [0.15, 0.2) is 0 Å². The Labute approximate surface area is 176 Å². The van der Waals surface area contributed by atoms with Gasteiger partial charge in [0.25, 0.3) is 0 Å². The molecule has 1 nitrogen and oxygen atoms in total. The van der Waals surface area contributed by atoms with Gasteiger partial charge < -0.3 is 5.11 Å². The van der Waals surface area contributed by atoms with Crippen LogP contribution in [0.25, 0.3) is 0 Å². The maximum absolute atomic E-state index is 11.0. The average molecular weight is 387 g/mol. The lowest BCUT2D eigenvalue weighted by molar-refractivity contribution is 0.434. The topological polar surface area (TPSA) is 20.2 Å². The molecular weight excluding hydrogens is 352 g/mol. The van der Waals surface area contributed by atoms with Gasteiger partial charge in [0.05, 0.1) is 0 Å². The zero-order valence-corrected chi connectivity index (χ0v) is 18.9. The Hall–Kier alpha value is -2.54. The maximum atomic E-state index is 11.0. The zero-order valence-electron chi connectivity index (χ0n) is 18.9. The molecule has 0 aliphatic rings. The summed E-state index contributed by atoms with van der Waals surface area (Å²) in [7, 11) is 0. The molecule has 3 aromatic carbocycles. The Bertz CT molecular complexity index is 974. The van der Waals surface area contributed by atoms with E-state index < -0.39 is 0 Å². The van der Waals surface area contributed by atoms with E-state index in [0.29, 0.717) is 5.75 Å². The van der Waals surface area contributed by atoms with Crippen molar-refractivity contribution in [2.24, 2.45) is 0 Å². The van der Waals surface area contributed by atoms with Crippen molar-refractivity contribution < 1.29 is 5.11 Å². The minimum absolute atomic E-state index is 0.186. The fourth-order valence-corrected chi connectivity index (χ4v) is 4.53. The Morgan fingerprint density at radius 3 is 1.41 bits per heavy atom. The maximum Gasteiger partial charge on any atom is 0.119 e. The highest BCUT2D eigenvalue weighted by Gasteiger charge is 2.38. The van der Waals surface area contributed by atoms with Crippen LogP contribution in [-0.4, -0.2) is 5.11 Å².